The van der Waals surface area contributed by atoms with Gasteiger partial charge in [-0.1, -0.05) is 0 Å². The van der Waals surface area contributed by atoms with Crippen molar-refractivity contribution in [3.63, 3.8) is 0 Å². The highest BCUT2D eigenvalue weighted by molar-refractivity contribution is 5.94. The van der Waals surface area contributed by atoms with Crippen LogP contribution in [0.5, 0.6) is 5.75 Å². The van der Waals surface area contributed by atoms with Crippen molar-refractivity contribution in [3.8, 4) is 5.75 Å². The van der Waals surface area contributed by atoms with E-state index in [1.165, 1.54) is 7.11 Å². The van der Waals surface area contributed by atoms with Gasteiger partial charge in [0.05, 0.1) is 19.3 Å². The van der Waals surface area contributed by atoms with Gasteiger partial charge in [-0.15, -0.1) is 0 Å². The van der Waals surface area contributed by atoms with E-state index in [0.29, 0.717) is 24.3 Å². The molecule has 2 unspecified atom stereocenters. The third-order valence-electron chi connectivity index (χ3n) is 3.70. The zero-order valence-electron chi connectivity index (χ0n) is 13.1. The Hall–Kier alpha value is -2.12. The minimum atomic E-state index is -0.545. The number of carbonyl (C=O) groups is 2. The summed E-state index contributed by atoms with van der Waals surface area (Å²) in [6.07, 6.45) is 1.01. The van der Waals surface area contributed by atoms with Gasteiger partial charge in [-0.2, -0.15) is 0 Å². The van der Waals surface area contributed by atoms with Crippen molar-refractivity contribution >= 4 is 11.9 Å². The van der Waals surface area contributed by atoms with E-state index >= 15 is 0 Å². The van der Waals surface area contributed by atoms with E-state index in [9.17, 15) is 14.7 Å². The maximum Gasteiger partial charge on any atom is 0.343 e. The van der Waals surface area contributed by atoms with Gasteiger partial charge in [0, 0.05) is 12.1 Å². The second-order valence-electron chi connectivity index (χ2n) is 5.38. The Morgan fingerprint density at radius 3 is 2.78 bits per heavy atom. The first kappa shape index (κ1) is 17.2. The number of benzene rings is 1. The highest BCUT2D eigenvalue weighted by Gasteiger charge is 2.23. The first-order valence-electron chi connectivity index (χ1n) is 7.59. The Morgan fingerprint density at radius 1 is 1.35 bits per heavy atom. The fourth-order valence-corrected chi connectivity index (χ4v) is 2.33. The van der Waals surface area contributed by atoms with Crippen LogP contribution >= 0.6 is 0 Å². The summed E-state index contributed by atoms with van der Waals surface area (Å²) >= 11 is 0. The van der Waals surface area contributed by atoms with E-state index in [2.05, 4.69) is 15.4 Å². The summed E-state index contributed by atoms with van der Waals surface area (Å²) in [5.41, 5.74) is 0.465. The number of esters is 1. The summed E-state index contributed by atoms with van der Waals surface area (Å²) < 4.78 is 9.70. The Kier molecular flexibility index (Phi) is 6.37. The number of nitrogens with one attached hydrogen (secondary N) is 2. The second-order valence-corrected chi connectivity index (χ2v) is 5.38. The molecule has 1 amide bonds. The van der Waals surface area contributed by atoms with E-state index in [1.54, 1.807) is 24.3 Å². The molecular formula is C16H22N2O5. The number of aliphatic hydroxyl groups excluding tert-OH is 1. The maximum atomic E-state index is 12.2. The van der Waals surface area contributed by atoms with E-state index < -0.39 is 12.1 Å². The fraction of sp³-hybridized carbons (Fsp3) is 0.500. The SMILES string of the molecule is COC(=O)COc1ccc(C(=O)NC2CNCCCC2O)cc1. The number of carbonyl (C=O) groups excluding carboxylic acids is 2. The zero-order chi connectivity index (χ0) is 16.7. The number of aliphatic hydroxyl groups is 1. The van der Waals surface area contributed by atoms with Crippen LogP contribution in [0.2, 0.25) is 0 Å². The topological polar surface area (TPSA) is 96.9 Å². The first-order chi connectivity index (χ1) is 11.1. The molecule has 7 heteroatoms. The van der Waals surface area contributed by atoms with Gasteiger partial charge in [-0.05, 0) is 43.7 Å². The van der Waals surface area contributed by atoms with E-state index in [1.807, 2.05) is 0 Å². The molecule has 2 rings (SSSR count). The summed E-state index contributed by atoms with van der Waals surface area (Å²) in [5.74, 6) is -0.248. The largest absolute Gasteiger partial charge is 0.482 e. The number of hydrogen-bond acceptors (Lipinski definition) is 6. The Labute approximate surface area is 135 Å². The van der Waals surface area contributed by atoms with Crippen molar-refractivity contribution < 1.29 is 24.2 Å². The molecule has 0 saturated carbocycles. The molecule has 0 aliphatic carbocycles. The molecule has 0 spiro atoms. The highest BCUT2D eigenvalue weighted by atomic mass is 16.6. The fourth-order valence-electron chi connectivity index (χ4n) is 2.33. The van der Waals surface area contributed by atoms with Crippen molar-refractivity contribution in [1.29, 1.82) is 0 Å². The van der Waals surface area contributed by atoms with E-state index in [4.69, 9.17) is 4.74 Å². The number of hydrogen-bond donors (Lipinski definition) is 3. The lowest BCUT2D eigenvalue weighted by molar-refractivity contribution is -0.142. The normalized spacial score (nSPS) is 21.1. The number of methoxy groups -OCH3 is 1. The van der Waals surface area contributed by atoms with Crippen LogP contribution in [0.25, 0.3) is 0 Å². The van der Waals surface area contributed by atoms with Crippen LogP contribution in [0.15, 0.2) is 24.3 Å². The first-order valence-corrected chi connectivity index (χ1v) is 7.59. The molecule has 3 N–H and O–H groups in total. The molecule has 1 aliphatic rings. The molecule has 126 valence electrons. The number of ether oxygens (including phenoxy) is 2. The molecule has 0 radical (unpaired) electrons. The number of amides is 1. The lowest BCUT2D eigenvalue weighted by Gasteiger charge is -2.21. The van der Waals surface area contributed by atoms with Crippen LogP contribution in [0.1, 0.15) is 23.2 Å². The van der Waals surface area contributed by atoms with E-state index in [0.717, 1.165) is 13.0 Å². The van der Waals surface area contributed by atoms with Crippen molar-refractivity contribution in [1.82, 2.24) is 10.6 Å². The van der Waals surface area contributed by atoms with Crippen LogP contribution in [-0.2, 0) is 9.53 Å². The average Bonchev–Trinajstić information content (AvgIpc) is 2.77. The smallest absolute Gasteiger partial charge is 0.343 e. The predicted molar refractivity (Wildman–Crippen MR) is 83.3 cm³/mol. The van der Waals surface area contributed by atoms with Gasteiger partial charge in [0.2, 0.25) is 0 Å². The van der Waals surface area contributed by atoms with Gasteiger partial charge >= 0.3 is 5.97 Å². The van der Waals surface area contributed by atoms with E-state index in [-0.39, 0.29) is 18.6 Å². The molecule has 1 fully saturated rings. The average molecular weight is 322 g/mol. The molecule has 1 heterocycles. The van der Waals surface area contributed by atoms with Gasteiger partial charge in [-0.3, -0.25) is 4.79 Å². The highest BCUT2D eigenvalue weighted by Crippen LogP contribution is 2.13. The van der Waals surface area contributed by atoms with Crippen molar-refractivity contribution in [2.45, 2.75) is 25.0 Å². The summed E-state index contributed by atoms with van der Waals surface area (Å²) in [5, 5.41) is 16.0. The van der Waals surface area contributed by atoms with Gasteiger partial charge in [0.1, 0.15) is 5.75 Å². The molecule has 0 bridgehead atoms. The standard InChI is InChI=1S/C16H22N2O5/c1-22-15(20)10-23-12-6-4-11(5-7-12)16(21)18-13-9-17-8-2-3-14(13)19/h4-7,13-14,17,19H,2-3,8-10H2,1H3,(H,18,21). The maximum absolute atomic E-state index is 12.2. The van der Waals surface area contributed by atoms with Gasteiger partial charge in [0.25, 0.3) is 5.91 Å². The van der Waals surface area contributed by atoms with Gasteiger partial charge in [0.15, 0.2) is 6.61 Å². The second kappa shape index (κ2) is 8.50. The summed E-state index contributed by atoms with van der Waals surface area (Å²) in [7, 11) is 1.29. The van der Waals surface area contributed by atoms with Gasteiger partial charge < -0.3 is 25.2 Å². The quantitative estimate of drug-likeness (QED) is 0.665. The predicted octanol–water partition coefficient (Wildman–Crippen LogP) is 0.0811. The summed E-state index contributed by atoms with van der Waals surface area (Å²) in [4.78, 5) is 23.2. The van der Waals surface area contributed by atoms with Crippen LogP contribution < -0.4 is 15.4 Å². The zero-order valence-corrected chi connectivity index (χ0v) is 13.1. The summed E-state index contributed by atoms with van der Waals surface area (Å²) in [6, 6.07) is 6.14. The Balaban J connectivity index is 1.90. The minimum Gasteiger partial charge on any atom is -0.482 e. The number of rotatable bonds is 5. The van der Waals surface area contributed by atoms with Crippen molar-refractivity contribution in [2.24, 2.45) is 0 Å². The van der Waals surface area contributed by atoms with Crippen molar-refractivity contribution in [3.05, 3.63) is 29.8 Å². The molecule has 7 nitrogen and oxygen atoms in total. The lowest BCUT2D eigenvalue weighted by atomic mass is 10.1. The Bertz CT molecular complexity index is 532. The van der Waals surface area contributed by atoms with Crippen LogP contribution in [0.4, 0.5) is 0 Å². The molecule has 23 heavy (non-hydrogen) atoms. The van der Waals surface area contributed by atoms with Gasteiger partial charge in [-0.25, -0.2) is 4.79 Å². The molecular weight excluding hydrogens is 300 g/mol. The molecule has 0 aromatic heterocycles. The molecule has 1 saturated heterocycles. The van der Waals surface area contributed by atoms with Crippen LogP contribution in [-0.4, -0.2) is 55.9 Å². The molecule has 1 aliphatic heterocycles. The van der Waals surface area contributed by atoms with Crippen LogP contribution in [0.3, 0.4) is 0 Å². The monoisotopic (exact) mass is 322 g/mol. The lowest BCUT2D eigenvalue weighted by Crippen LogP contribution is -2.47. The summed E-state index contributed by atoms with van der Waals surface area (Å²) in [6.45, 7) is 1.21. The van der Waals surface area contributed by atoms with Crippen LogP contribution in [0, 0.1) is 0 Å². The Morgan fingerprint density at radius 2 is 2.09 bits per heavy atom. The minimum absolute atomic E-state index is 0.179. The third-order valence-corrected chi connectivity index (χ3v) is 3.70. The molecule has 1 aromatic rings. The van der Waals surface area contributed by atoms with Crippen molar-refractivity contribution in [2.75, 3.05) is 26.8 Å². The third kappa shape index (κ3) is 5.22. The molecule has 1 aromatic carbocycles. The molecule has 2 atom stereocenters.